The molecular formula is C12H16BrNO4. The minimum atomic E-state index is -0.450. The van der Waals surface area contributed by atoms with E-state index in [1.165, 1.54) is 19.2 Å². The summed E-state index contributed by atoms with van der Waals surface area (Å²) >= 11 is 3.40. The lowest BCUT2D eigenvalue weighted by Crippen LogP contribution is -2.12. The summed E-state index contributed by atoms with van der Waals surface area (Å²) < 4.78 is 10.7. The van der Waals surface area contributed by atoms with Crippen molar-refractivity contribution < 1.29 is 14.4 Å². The second-order valence-corrected chi connectivity index (χ2v) is 4.48. The highest BCUT2D eigenvalue weighted by molar-refractivity contribution is 9.09. The Labute approximate surface area is 114 Å². The molecule has 0 radical (unpaired) electrons. The van der Waals surface area contributed by atoms with Crippen molar-refractivity contribution in [3.05, 3.63) is 28.3 Å². The molecule has 5 nitrogen and oxygen atoms in total. The number of ether oxygens (including phenoxy) is 2. The summed E-state index contributed by atoms with van der Waals surface area (Å²) in [6, 6.07) is 4.33. The molecular weight excluding hydrogens is 302 g/mol. The number of alkyl halides is 1. The zero-order valence-electron chi connectivity index (χ0n) is 10.4. The first-order valence-corrected chi connectivity index (χ1v) is 6.75. The largest absolute Gasteiger partial charge is 0.493 e. The SMILES string of the molecule is CCC(CBr)COc1cc([N+](=O)[O-])ccc1OC. The van der Waals surface area contributed by atoms with Gasteiger partial charge in [0.05, 0.1) is 24.7 Å². The van der Waals surface area contributed by atoms with Crippen molar-refractivity contribution in [2.24, 2.45) is 5.92 Å². The smallest absolute Gasteiger partial charge is 0.273 e. The van der Waals surface area contributed by atoms with Gasteiger partial charge in [-0.05, 0) is 12.5 Å². The highest BCUT2D eigenvalue weighted by Crippen LogP contribution is 2.31. The van der Waals surface area contributed by atoms with E-state index >= 15 is 0 Å². The summed E-state index contributed by atoms with van der Waals surface area (Å²) in [4.78, 5) is 10.3. The summed E-state index contributed by atoms with van der Waals surface area (Å²) in [5.41, 5.74) is -0.00214. The molecule has 1 unspecified atom stereocenters. The third-order valence-corrected chi connectivity index (χ3v) is 3.54. The van der Waals surface area contributed by atoms with Gasteiger partial charge < -0.3 is 9.47 Å². The lowest BCUT2D eigenvalue weighted by Gasteiger charge is -2.14. The van der Waals surface area contributed by atoms with Crippen molar-refractivity contribution in [1.82, 2.24) is 0 Å². The van der Waals surface area contributed by atoms with Crippen LogP contribution in [0.2, 0.25) is 0 Å². The topological polar surface area (TPSA) is 61.6 Å². The van der Waals surface area contributed by atoms with E-state index in [2.05, 4.69) is 22.9 Å². The maximum absolute atomic E-state index is 10.7. The Bertz CT molecular complexity index is 407. The van der Waals surface area contributed by atoms with Gasteiger partial charge >= 0.3 is 0 Å². The molecule has 1 aromatic rings. The van der Waals surface area contributed by atoms with Crippen molar-refractivity contribution in [3.8, 4) is 11.5 Å². The van der Waals surface area contributed by atoms with Crippen molar-refractivity contribution >= 4 is 21.6 Å². The van der Waals surface area contributed by atoms with E-state index in [4.69, 9.17) is 9.47 Å². The normalized spacial score (nSPS) is 11.9. The highest BCUT2D eigenvalue weighted by Gasteiger charge is 2.14. The van der Waals surface area contributed by atoms with Gasteiger partial charge in [-0.1, -0.05) is 22.9 Å². The predicted molar refractivity (Wildman–Crippen MR) is 72.7 cm³/mol. The van der Waals surface area contributed by atoms with Crippen molar-refractivity contribution in [2.75, 3.05) is 19.0 Å². The Balaban J connectivity index is 2.84. The molecule has 1 aromatic carbocycles. The number of methoxy groups -OCH3 is 1. The first-order valence-electron chi connectivity index (χ1n) is 5.63. The molecule has 0 N–H and O–H groups in total. The van der Waals surface area contributed by atoms with Crippen LogP contribution in [0.4, 0.5) is 5.69 Å². The Morgan fingerprint density at radius 1 is 1.44 bits per heavy atom. The Hall–Kier alpha value is -1.30. The molecule has 0 aromatic heterocycles. The fourth-order valence-electron chi connectivity index (χ4n) is 1.37. The number of hydrogen-bond donors (Lipinski definition) is 0. The fraction of sp³-hybridized carbons (Fsp3) is 0.500. The fourth-order valence-corrected chi connectivity index (χ4v) is 2.02. The van der Waals surface area contributed by atoms with Crippen LogP contribution in [0.25, 0.3) is 0 Å². The predicted octanol–water partition coefficient (Wildman–Crippen LogP) is 3.40. The lowest BCUT2D eigenvalue weighted by molar-refractivity contribution is -0.385. The number of hydrogen-bond acceptors (Lipinski definition) is 4. The van der Waals surface area contributed by atoms with E-state index in [0.29, 0.717) is 24.0 Å². The van der Waals surface area contributed by atoms with Crippen LogP contribution in [0.1, 0.15) is 13.3 Å². The monoisotopic (exact) mass is 317 g/mol. The zero-order chi connectivity index (χ0) is 13.5. The summed E-state index contributed by atoms with van der Waals surface area (Å²) in [6.45, 7) is 2.57. The Morgan fingerprint density at radius 3 is 2.67 bits per heavy atom. The van der Waals surface area contributed by atoms with Gasteiger partial charge in [0, 0.05) is 17.3 Å². The van der Waals surface area contributed by atoms with Crippen LogP contribution in [0.15, 0.2) is 18.2 Å². The van der Waals surface area contributed by atoms with Gasteiger partial charge in [0.15, 0.2) is 11.5 Å². The average molecular weight is 318 g/mol. The summed E-state index contributed by atoms with van der Waals surface area (Å²) in [5.74, 6) is 1.28. The number of rotatable bonds is 7. The zero-order valence-corrected chi connectivity index (χ0v) is 12.0. The van der Waals surface area contributed by atoms with Gasteiger partial charge in [0.1, 0.15) is 0 Å². The summed E-state index contributed by atoms with van der Waals surface area (Å²) in [5, 5.41) is 11.5. The molecule has 18 heavy (non-hydrogen) atoms. The molecule has 6 heteroatoms. The van der Waals surface area contributed by atoms with Gasteiger partial charge in [0.25, 0.3) is 5.69 Å². The van der Waals surface area contributed by atoms with Crippen LogP contribution in [0.3, 0.4) is 0 Å². The van der Waals surface area contributed by atoms with Crippen LogP contribution in [0.5, 0.6) is 11.5 Å². The number of benzene rings is 1. The van der Waals surface area contributed by atoms with Crippen LogP contribution in [-0.4, -0.2) is 24.0 Å². The van der Waals surface area contributed by atoms with Gasteiger partial charge in [-0.25, -0.2) is 0 Å². The second kappa shape index (κ2) is 7.20. The number of nitrogens with zero attached hydrogens (tertiary/aromatic N) is 1. The molecule has 0 spiro atoms. The van der Waals surface area contributed by atoms with Crippen molar-refractivity contribution in [2.45, 2.75) is 13.3 Å². The molecule has 0 heterocycles. The first-order chi connectivity index (χ1) is 8.62. The van der Waals surface area contributed by atoms with Crippen LogP contribution >= 0.6 is 15.9 Å². The van der Waals surface area contributed by atoms with Gasteiger partial charge in [-0.2, -0.15) is 0 Å². The van der Waals surface area contributed by atoms with E-state index in [1.54, 1.807) is 6.07 Å². The van der Waals surface area contributed by atoms with E-state index in [9.17, 15) is 10.1 Å². The minimum absolute atomic E-state index is 0.00214. The third kappa shape index (κ3) is 3.87. The molecule has 0 saturated heterocycles. The van der Waals surface area contributed by atoms with E-state index in [1.807, 2.05) is 0 Å². The van der Waals surface area contributed by atoms with E-state index in [0.717, 1.165) is 11.8 Å². The average Bonchev–Trinajstić information content (AvgIpc) is 2.39. The van der Waals surface area contributed by atoms with Gasteiger partial charge in [-0.3, -0.25) is 10.1 Å². The maximum Gasteiger partial charge on any atom is 0.273 e. The minimum Gasteiger partial charge on any atom is -0.493 e. The van der Waals surface area contributed by atoms with Crippen molar-refractivity contribution in [1.29, 1.82) is 0 Å². The summed E-state index contributed by atoms with van der Waals surface area (Å²) in [6.07, 6.45) is 0.975. The Kier molecular flexibility index (Phi) is 5.91. The lowest BCUT2D eigenvalue weighted by atomic mass is 10.1. The highest BCUT2D eigenvalue weighted by atomic mass is 79.9. The molecule has 1 rings (SSSR count). The van der Waals surface area contributed by atoms with E-state index < -0.39 is 4.92 Å². The van der Waals surface area contributed by atoms with E-state index in [-0.39, 0.29) is 5.69 Å². The van der Waals surface area contributed by atoms with Crippen LogP contribution in [0, 0.1) is 16.0 Å². The number of nitro benzene ring substituents is 1. The first kappa shape index (κ1) is 14.8. The molecule has 1 atom stereocenters. The van der Waals surface area contributed by atoms with Gasteiger partial charge in [0.2, 0.25) is 0 Å². The standard InChI is InChI=1S/C12H16BrNO4/c1-3-9(7-13)8-18-12-6-10(14(15)16)4-5-11(12)17-2/h4-6,9H,3,7-8H2,1-2H3. The maximum atomic E-state index is 10.7. The molecule has 0 aliphatic rings. The second-order valence-electron chi connectivity index (χ2n) is 3.83. The Morgan fingerprint density at radius 2 is 2.17 bits per heavy atom. The third-order valence-electron chi connectivity index (χ3n) is 2.63. The molecule has 100 valence electrons. The quantitative estimate of drug-likeness (QED) is 0.439. The van der Waals surface area contributed by atoms with Crippen LogP contribution < -0.4 is 9.47 Å². The molecule has 0 aliphatic carbocycles. The molecule has 0 saturated carbocycles. The molecule has 0 bridgehead atoms. The van der Waals surface area contributed by atoms with Crippen molar-refractivity contribution in [3.63, 3.8) is 0 Å². The number of nitro groups is 1. The number of halogens is 1. The summed E-state index contributed by atoms with van der Waals surface area (Å²) in [7, 11) is 1.51. The molecule has 0 fully saturated rings. The van der Waals surface area contributed by atoms with Crippen LogP contribution in [-0.2, 0) is 0 Å². The molecule has 0 aliphatic heterocycles. The molecule has 0 amide bonds. The number of non-ortho nitro benzene ring substituents is 1. The van der Waals surface area contributed by atoms with Gasteiger partial charge in [-0.15, -0.1) is 0 Å².